The molecule has 0 fully saturated rings. The molecular weight excluding hydrogens is 644 g/mol. The number of halogens is 1. The van der Waals surface area contributed by atoms with Gasteiger partial charge in [-0.15, -0.1) is 0 Å². The van der Waals surface area contributed by atoms with Gasteiger partial charge in [0.05, 0.1) is 0 Å². The number of benzene rings is 4. The number of hydrogen-bond acceptors (Lipinski definition) is 8. The maximum absolute atomic E-state index is 11.0. The summed E-state index contributed by atoms with van der Waals surface area (Å²) in [6.07, 6.45) is 4.04. The molecule has 0 bridgehead atoms. The molecule has 0 aliphatic rings. The average molecular weight is 681 g/mol. The zero-order chi connectivity index (χ0) is 35.2. The molecule has 0 aliphatic heterocycles. The molecule has 9 heteroatoms. The Kier molecular flexibility index (Phi) is 13.4. The van der Waals surface area contributed by atoms with Gasteiger partial charge in [0.25, 0.3) is 0 Å². The molecule has 0 spiro atoms. The van der Waals surface area contributed by atoms with Gasteiger partial charge in [-0.05, 0) is 78.0 Å². The van der Waals surface area contributed by atoms with Crippen LogP contribution in [0.15, 0.2) is 131 Å². The lowest BCUT2D eigenvalue weighted by Crippen LogP contribution is -2.07. The standard InChI is InChI=1S/C20H18O4.C17H16O3.C3H3ClO/c1-3-14-7-5-6-8-17(14)19-11-15-9-10-16(12-18(15)24-19)22-13-23-20(21)4-2;1-2-12-5-3-4-6-15(12)17-9-13-7-8-14(19-11-18)10-16(13)20-17;1-2-3(4)5/h4-12H,2-3,13H2,1H3;3-10,18H,2,11H2,1H3;2H,1H2. The third-order valence-electron chi connectivity index (χ3n) is 7.30. The van der Waals surface area contributed by atoms with Gasteiger partial charge in [-0.3, -0.25) is 4.79 Å². The van der Waals surface area contributed by atoms with Crippen LogP contribution < -0.4 is 9.47 Å². The van der Waals surface area contributed by atoms with E-state index in [1.54, 1.807) is 12.1 Å². The van der Waals surface area contributed by atoms with Gasteiger partial charge in [-0.25, -0.2) is 4.79 Å². The lowest BCUT2D eigenvalue weighted by molar-refractivity contribution is -0.144. The SMILES string of the molecule is C=CC(=O)Cl.C=CC(=O)OCOc1ccc2cc(-c3ccccc3CC)oc2c1.CCc1ccccc1-c1cc2ccc(OCO)cc2o1. The van der Waals surface area contributed by atoms with E-state index in [4.69, 9.17) is 39.8 Å². The van der Waals surface area contributed by atoms with Crippen molar-refractivity contribution in [1.82, 2.24) is 0 Å². The molecule has 6 rings (SSSR count). The van der Waals surface area contributed by atoms with Gasteiger partial charge in [0.15, 0.2) is 6.79 Å². The maximum Gasteiger partial charge on any atom is 0.333 e. The van der Waals surface area contributed by atoms with Crippen LogP contribution in [-0.4, -0.2) is 29.9 Å². The van der Waals surface area contributed by atoms with Crippen LogP contribution in [0.1, 0.15) is 25.0 Å². The molecule has 1 N–H and O–H groups in total. The van der Waals surface area contributed by atoms with E-state index < -0.39 is 11.2 Å². The number of hydrogen-bond donors (Lipinski definition) is 1. The van der Waals surface area contributed by atoms with E-state index in [2.05, 4.69) is 51.3 Å². The lowest BCUT2D eigenvalue weighted by Gasteiger charge is -2.05. The highest BCUT2D eigenvalue weighted by Gasteiger charge is 2.12. The second-order valence-corrected chi connectivity index (χ2v) is 10.7. The largest absolute Gasteiger partial charge is 0.468 e. The summed E-state index contributed by atoms with van der Waals surface area (Å²) in [5.74, 6) is 2.34. The molecule has 6 aromatic rings. The number of rotatable bonds is 11. The zero-order valence-corrected chi connectivity index (χ0v) is 28.1. The molecular formula is C40H37ClO8. The van der Waals surface area contributed by atoms with Crippen molar-refractivity contribution in [2.45, 2.75) is 26.7 Å². The number of esters is 1. The summed E-state index contributed by atoms with van der Waals surface area (Å²) in [7, 11) is 0. The van der Waals surface area contributed by atoms with Crippen molar-refractivity contribution >= 4 is 44.8 Å². The van der Waals surface area contributed by atoms with Gasteiger partial charge in [0, 0.05) is 40.1 Å². The fraction of sp³-hybridized carbons (Fsp3) is 0.150. The summed E-state index contributed by atoms with van der Waals surface area (Å²) in [4.78, 5) is 20.5. The number of aliphatic hydroxyl groups excluding tert-OH is 1. The molecule has 2 aromatic heterocycles. The Bertz CT molecular complexity index is 2040. The molecule has 0 radical (unpaired) electrons. The van der Waals surface area contributed by atoms with Gasteiger partial charge in [-0.2, -0.15) is 0 Å². The van der Waals surface area contributed by atoms with E-state index in [1.807, 2.05) is 60.7 Å². The van der Waals surface area contributed by atoms with E-state index >= 15 is 0 Å². The van der Waals surface area contributed by atoms with Crippen molar-refractivity contribution < 1.29 is 37.7 Å². The minimum atomic E-state index is -0.521. The Labute approximate surface area is 289 Å². The van der Waals surface area contributed by atoms with Crippen molar-refractivity contribution in [2.24, 2.45) is 0 Å². The molecule has 0 amide bonds. The van der Waals surface area contributed by atoms with E-state index in [9.17, 15) is 9.59 Å². The number of furan rings is 2. The predicted octanol–water partition coefficient (Wildman–Crippen LogP) is 9.66. The van der Waals surface area contributed by atoms with Crippen molar-refractivity contribution in [3.05, 3.63) is 133 Å². The molecule has 0 atom stereocenters. The summed E-state index contributed by atoms with van der Waals surface area (Å²) in [6.45, 7) is 10.2. The first kappa shape index (κ1) is 36.3. The Hall–Kier alpha value is -5.57. The van der Waals surface area contributed by atoms with Gasteiger partial charge >= 0.3 is 5.97 Å². The monoisotopic (exact) mass is 680 g/mol. The summed E-state index contributed by atoms with van der Waals surface area (Å²) in [5.41, 5.74) is 6.21. The van der Waals surface area contributed by atoms with Gasteiger partial charge in [-0.1, -0.05) is 75.5 Å². The lowest BCUT2D eigenvalue weighted by atomic mass is 10.0. The third-order valence-corrected chi connectivity index (χ3v) is 7.45. The molecule has 0 unspecified atom stereocenters. The number of carbonyl (C=O) groups excluding carboxylic acids is 2. The third kappa shape index (κ3) is 9.96. The summed E-state index contributed by atoms with van der Waals surface area (Å²) in [6, 6.07) is 31.6. The molecule has 8 nitrogen and oxygen atoms in total. The van der Waals surface area contributed by atoms with Gasteiger partial charge < -0.3 is 28.2 Å². The van der Waals surface area contributed by atoms with E-state index in [0.717, 1.165) is 69.6 Å². The van der Waals surface area contributed by atoms with Crippen LogP contribution in [0.2, 0.25) is 0 Å². The van der Waals surface area contributed by atoms with Crippen molar-refractivity contribution in [1.29, 1.82) is 0 Å². The predicted molar refractivity (Wildman–Crippen MR) is 193 cm³/mol. The molecule has 49 heavy (non-hydrogen) atoms. The van der Waals surface area contributed by atoms with Crippen LogP contribution in [0.4, 0.5) is 0 Å². The summed E-state index contributed by atoms with van der Waals surface area (Å²) < 4.78 is 27.2. The van der Waals surface area contributed by atoms with Crippen LogP contribution in [0.3, 0.4) is 0 Å². The fourth-order valence-electron chi connectivity index (χ4n) is 4.90. The van der Waals surface area contributed by atoms with Gasteiger partial charge in [0.1, 0.15) is 34.2 Å². The quantitative estimate of drug-likeness (QED) is 0.0624. The normalized spacial score (nSPS) is 10.3. The second-order valence-electron chi connectivity index (χ2n) is 10.4. The molecule has 0 saturated carbocycles. The Balaban J connectivity index is 0.000000197. The van der Waals surface area contributed by atoms with E-state index in [0.29, 0.717) is 11.5 Å². The number of ether oxygens (including phenoxy) is 3. The number of carbonyl (C=O) groups is 2. The Morgan fingerprint density at radius 3 is 1.61 bits per heavy atom. The highest BCUT2D eigenvalue weighted by atomic mass is 35.5. The number of allylic oxidation sites excluding steroid dienone is 1. The average Bonchev–Trinajstić information content (AvgIpc) is 3.76. The van der Waals surface area contributed by atoms with Crippen LogP contribution in [0, 0.1) is 0 Å². The summed E-state index contributed by atoms with van der Waals surface area (Å²) >= 11 is 4.71. The minimum absolute atomic E-state index is 0.164. The molecule has 252 valence electrons. The highest BCUT2D eigenvalue weighted by molar-refractivity contribution is 6.66. The topological polar surface area (TPSA) is 108 Å². The van der Waals surface area contributed by atoms with Gasteiger partial charge in [0.2, 0.25) is 12.0 Å². The van der Waals surface area contributed by atoms with E-state index in [1.165, 1.54) is 11.1 Å². The first-order valence-corrected chi connectivity index (χ1v) is 15.9. The molecule has 0 saturated heterocycles. The van der Waals surface area contributed by atoms with E-state index in [-0.39, 0.29) is 13.6 Å². The van der Waals surface area contributed by atoms with Crippen LogP contribution in [0.5, 0.6) is 11.5 Å². The minimum Gasteiger partial charge on any atom is -0.468 e. The van der Waals surface area contributed by atoms with Crippen LogP contribution in [0.25, 0.3) is 44.6 Å². The summed E-state index contributed by atoms with van der Waals surface area (Å²) in [5, 5.41) is 10.3. The molecule has 4 aromatic carbocycles. The van der Waals surface area contributed by atoms with Crippen LogP contribution in [-0.2, 0) is 27.2 Å². The second kappa shape index (κ2) is 18.1. The number of aryl methyl sites for hydroxylation is 2. The molecule has 2 heterocycles. The fourth-order valence-corrected chi connectivity index (χ4v) is 4.90. The smallest absolute Gasteiger partial charge is 0.333 e. The first-order valence-electron chi connectivity index (χ1n) is 15.5. The van der Waals surface area contributed by atoms with Crippen molar-refractivity contribution in [3.63, 3.8) is 0 Å². The first-order chi connectivity index (χ1) is 23.8. The number of fused-ring (bicyclic) bond motifs is 2. The van der Waals surface area contributed by atoms with Crippen molar-refractivity contribution in [2.75, 3.05) is 13.6 Å². The van der Waals surface area contributed by atoms with Crippen molar-refractivity contribution in [3.8, 4) is 34.1 Å². The Morgan fingerprint density at radius 2 is 1.18 bits per heavy atom. The molecule has 0 aliphatic carbocycles. The van der Waals surface area contributed by atoms with Crippen LogP contribution >= 0.6 is 11.6 Å². The Morgan fingerprint density at radius 1 is 0.714 bits per heavy atom. The zero-order valence-electron chi connectivity index (χ0n) is 27.3. The highest BCUT2D eigenvalue weighted by Crippen LogP contribution is 2.33. The number of aliphatic hydroxyl groups is 1. The maximum atomic E-state index is 11.0.